The van der Waals surface area contributed by atoms with Gasteiger partial charge < -0.3 is 5.73 Å². The lowest BCUT2D eigenvalue weighted by Gasteiger charge is -1.96. The van der Waals surface area contributed by atoms with Crippen LogP contribution in [0.1, 0.15) is 15.9 Å². The third-order valence-electron chi connectivity index (χ3n) is 2.39. The predicted octanol–water partition coefficient (Wildman–Crippen LogP) is 2.64. The Balaban J connectivity index is 2.29. The number of nitrogens with two attached hydrogens (primary N) is 1. The molecule has 0 radical (unpaired) electrons. The molecule has 2 nitrogen and oxygen atoms in total. The molecule has 3 heteroatoms. The zero-order chi connectivity index (χ0) is 13.0. The average Bonchev–Trinajstić information content (AvgIpc) is 2.38. The molecule has 0 amide bonds. The molecular formula is C15H10FNO. The highest BCUT2D eigenvalue weighted by atomic mass is 19.1. The molecule has 0 saturated heterocycles. The zero-order valence-corrected chi connectivity index (χ0v) is 9.48. The van der Waals surface area contributed by atoms with E-state index in [-0.39, 0.29) is 5.56 Å². The highest BCUT2D eigenvalue weighted by molar-refractivity contribution is 6.09. The molecular weight excluding hydrogens is 229 g/mol. The predicted molar refractivity (Wildman–Crippen MR) is 68.5 cm³/mol. The van der Waals surface area contributed by atoms with Crippen molar-refractivity contribution in [2.45, 2.75) is 0 Å². The zero-order valence-electron chi connectivity index (χ0n) is 9.48. The Hall–Kier alpha value is -2.60. The summed E-state index contributed by atoms with van der Waals surface area (Å²) < 4.78 is 13.3. The first-order valence-electron chi connectivity index (χ1n) is 5.34. The van der Waals surface area contributed by atoms with E-state index in [2.05, 4.69) is 11.8 Å². The van der Waals surface area contributed by atoms with E-state index in [0.717, 1.165) is 0 Å². The van der Waals surface area contributed by atoms with Crippen molar-refractivity contribution in [3.8, 4) is 11.8 Å². The van der Waals surface area contributed by atoms with Crippen LogP contribution < -0.4 is 5.73 Å². The van der Waals surface area contributed by atoms with Gasteiger partial charge in [-0.2, -0.15) is 0 Å². The molecule has 0 aliphatic rings. The maximum Gasteiger partial charge on any atom is 0.239 e. The number of para-hydroxylation sites is 1. The van der Waals surface area contributed by atoms with Crippen LogP contribution in [-0.2, 0) is 0 Å². The minimum absolute atomic E-state index is 0.0282. The van der Waals surface area contributed by atoms with Crippen molar-refractivity contribution in [2.75, 3.05) is 5.73 Å². The van der Waals surface area contributed by atoms with Crippen molar-refractivity contribution in [2.24, 2.45) is 0 Å². The average molecular weight is 239 g/mol. The van der Waals surface area contributed by atoms with E-state index >= 15 is 0 Å². The van der Waals surface area contributed by atoms with Crippen molar-refractivity contribution < 1.29 is 9.18 Å². The number of ketones is 1. The molecule has 0 aliphatic heterocycles. The summed E-state index contributed by atoms with van der Waals surface area (Å²) in [6.07, 6.45) is 0. The molecule has 0 aliphatic carbocycles. The highest BCUT2D eigenvalue weighted by Gasteiger charge is 2.07. The molecule has 0 fully saturated rings. The van der Waals surface area contributed by atoms with Crippen molar-refractivity contribution >= 4 is 11.5 Å². The number of halogens is 1. The van der Waals surface area contributed by atoms with Crippen molar-refractivity contribution in [3.63, 3.8) is 0 Å². The molecule has 0 atom stereocenters. The number of benzene rings is 2. The molecule has 18 heavy (non-hydrogen) atoms. The van der Waals surface area contributed by atoms with Crippen molar-refractivity contribution in [1.29, 1.82) is 0 Å². The largest absolute Gasteiger partial charge is 0.398 e. The van der Waals surface area contributed by atoms with Crippen LogP contribution in [0.3, 0.4) is 0 Å². The molecule has 2 aromatic rings. The van der Waals surface area contributed by atoms with Gasteiger partial charge >= 0.3 is 0 Å². The van der Waals surface area contributed by atoms with E-state index in [1.165, 1.54) is 18.2 Å². The van der Waals surface area contributed by atoms with E-state index < -0.39 is 11.6 Å². The molecule has 0 unspecified atom stereocenters. The van der Waals surface area contributed by atoms with Crippen LogP contribution in [0, 0.1) is 17.7 Å². The Morgan fingerprint density at radius 2 is 1.72 bits per heavy atom. The van der Waals surface area contributed by atoms with Crippen LogP contribution in [0.25, 0.3) is 0 Å². The van der Waals surface area contributed by atoms with E-state index in [1.54, 1.807) is 30.3 Å². The number of hydrogen-bond donors (Lipinski definition) is 1. The number of rotatable bonds is 1. The summed E-state index contributed by atoms with van der Waals surface area (Å²) in [7, 11) is 0. The van der Waals surface area contributed by atoms with Crippen molar-refractivity contribution in [1.82, 2.24) is 0 Å². The van der Waals surface area contributed by atoms with E-state index in [4.69, 9.17) is 5.73 Å². The third kappa shape index (κ3) is 2.55. The van der Waals surface area contributed by atoms with Crippen molar-refractivity contribution in [3.05, 3.63) is 65.5 Å². The van der Waals surface area contributed by atoms with Gasteiger partial charge in [0.25, 0.3) is 0 Å². The number of anilines is 1. The molecule has 0 bridgehead atoms. The van der Waals surface area contributed by atoms with Gasteiger partial charge in [0, 0.05) is 11.3 Å². The maximum atomic E-state index is 13.3. The van der Waals surface area contributed by atoms with E-state index in [0.29, 0.717) is 11.3 Å². The molecule has 0 aromatic heterocycles. The molecule has 2 rings (SSSR count). The van der Waals surface area contributed by atoms with Crippen LogP contribution in [0.4, 0.5) is 10.1 Å². The third-order valence-corrected chi connectivity index (χ3v) is 2.39. The van der Waals surface area contributed by atoms with E-state index in [9.17, 15) is 9.18 Å². The second-order valence-corrected chi connectivity index (χ2v) is 3.65. The normalized spacial score (nSPS) is 9.39. The number of carbonyl (C=O) groups is 1. The Morgan fingerprint density at radius 1 is 1.06 bits per heavy atom. The summed E-state index contributed by atoms with van der Waals surface area (Å²) in [6, 6.07) is 12.7. The van der Waals surface area contributed by atoms with Gasteiger partial charge in [0.1, 0.15) is 5.82 Å². The first-order chi connectivity index (χ1) is 8.68. The summed E-state index contributed by atoms with van der Waals surface area (Å²) in [6.45, 7) is 0. The number of nitrogen functional groups attached to an aromatic ring is 1. The van der Waals surface area contributed by atoms with E-state index in [1.807, 2.05) is 0 Å². The first-order valence-corrected chi connectivity index (χ1v) is 5.34. The van der Waals surface area contributed by atoms with Gasteiger partial charge in [-0.3, -0.25) is 4.79 Å². The summed E-state index contributed by atoms with van der Waals surface area (Å²) in [4.78, 5) is 11.7. The Labute approximate surface area is 104 Å². The lowest BCUT2D eigenvalue weighted by Crippen LogP contribution is -1.99. The van der Waals surface area contributed by atoms with Crippen LogP contribution in [0.2, 0.25) is 0 Å². The summed E-state index contributed by atoms with van der Waals surface area (Å²) in [5, 5.41) is 0. The number of hydrogen-bond acceptors (Lipinski definition) is 2. The number of carbonyl (C=O) groups excluding carboxylic acids is 1. The van der Waals surface area contributed by atoms with Gasteiger partial charge in [0.05, 0.1) is 5.56 Å². The Bertz CT molecular complexity index is 653. The molecule has 88 valence electrons. The van der Waals surface area contributed by atoms with Gasteiger partial charge in [-0.1, -0.05) is 30.2 Å². The van der Waals surface area contributed by atoms with Crippen LogP contribution in [-0.4, -0.2) is 5.78 Å². The first kappa shape index (κ1) is 11.9. The van der Waals surface area contributed by atoms with Gasteiger partial charge in [-0.25, -0.2) is 4.39 Å². The fraction of sp³-hybridized carbons (Fsp3) is 0. The Kier molecular flexibility index (Phi) is 3.40. The fourth-order valence-corrected chi connectivity index (χ4v) is 1.45. The topological polar surface area (TPSA) is 43.1 Å². The van der Waals surface area contributed by atoms with Crippen LogP contribution in [0.5, 0.6) is 0 Å². The lowest BCUT2D eigenvalue weighted by atomic mass is 10.1. The molecule has 2 aromatic carbocycles. The molecule has 0 saturated carbocycles. The smallest absolute Gasteiger partial charge is 0.239 e. The summed E-state index contributed by atoms with van der Waals surface area (Å²) in [5.41, 5.74) is 6.71. The van der Waals surface area contributed by atoms with Gasteiger partial charge in [0.2, 0.25) is 5.78 Å². The van der Waals surface area contributed by atoms with Gasteiger partial charge in [0.15, 0.2) is 0 Å². The fourth-order valence-electron chi connectivity index (χ4n) is 1.45. The van der Waals surface area contributed by atoms with Crippen LogP contribution in [0.15, 0.2) is 48.5 Å². The lowest BCUT2D eigenvalue weighted by molar-refractivity contribution is 0.105. The minimum atomic E-state index is -0.571. The molecule has 0 spiro atoms. The van der Waals surface area contributed by atoms with Gasteiger partial charge in [-0.15, -0.1) is 0 Å². The summed E-state index contributed by atoms with van der Waals surface area (Å²) >= 11 is 0. The number of Topliss-reactive ketones (excluding diaryl/α,β-unsaturated/α-hetero) is 1. The SMILES string of the molecule is Nc1ccccc1C#CC(=O)c1ccccc1F. The van der Waals surface area contributed by atoms with Crippen LogP contribution >= 0.6 is 0 Å². The molecule has 0 heterocycles. The second-order valence-electron chi connectivity index (χ2n) is 3.65. The quantitative estimate of drug-likeness (QED) is 0.472. The van der Waals surface area contributed by atoms with Gasteiger partial charge in [-0.05, 0) is 30.2 Å². The second kappa shape index (κ2) is 5.15. The Morgan fingerprint density at radius 3 is 2.44 bits per heavy atom. The standard InChI is InChI=1S/C15H10FNO/c16-13-7-3-2-6-12(13)15(18)10-9-11-5-1-4-8-14(11)17/h1-8H,17H2. The monoisotopic (exact) mass is 239 g/mol. The minimum Gasteiger partial charge on any atom is -0.398 e. The molecule has 2 N–H and O–H groups in total. The highest BCUT2D eigenvalue weighted by Crippen LogP contribution is 2.09. The summed E-state index contributed by atoms with van der Waals surface area (Å²) in [5.74, 6) is 3.90. The maximum absolute atomic E-state index is 13.3.